The van der Waals surface area contributed by atoms with Gasteiger partial charge in [0.15, 0.2) is 0 Å². The highest BCUT2D eigenvalue weighted by molar-refractivity contribution is 5.93. The highest BCUT2D eigenvalue weighted by Gasteiger charge is 2.34. The minimum Gasteiger partial charge on any atom is -0.348 e. The molecule has 15 heavy (non-hydrogen) atoms. The van der Waals surface area contributed by atoms with E-state index in [4.69, 9.17) is 5.84 Å². The number of carbonyl (C=O) groups is 1. The molecule has 0 bridgehead atoms. The average molecular weight is 206 g/mol. The molecule has 1 fully saturated rings. The van der Waals surface area contributed by atoms with Gasteiger partial charge in [-0.2, -0.15) is 0 Å². The van der Waals surface area contributed by atoms with E-state index in [0.29, 0.717) is 23.5 Å². The van der Waals surface area contributed by atoms with Crippen LogP contribution in [0.1, 0.15) is 23.8 Å². The Labute approximate surface area is 88.0 Å². The summed E-state index contributed by atoms with van der Waals surface area (Å²) in [5, 5.41) is 2.90. The number of amides is 1. The number of carbonyl (C=O) groups excluding carboxylic acids is 1. The zero-order valence-electron chi connectivity index (χ0n) is 8.53. The van der Waals surface area contributed by atoms with Gasteiger partial charge in [0.05, 0.1) is 0 Å². The number of hydrazine groups is 1. The van der Waals surface area contributed by atoms with E-state index in [1.165, 1.54) is 0 Å². The highest BCUT2D eigenvalue weighted by Crippen LogP contribution is 2.29. The maximum atomic E-state index is 11.7. The van der Waals surface area contributed by atoms with Crippen molar-refractivity contribution in [3.05, 3.63) is 23.9 Å². The van der Waals surface area contributed by atoms with Gasteiger partial charge in [-0.1, -0.05) is 13.0 Å². The molecule has 1 aromatic heterocycles. The fourth-order valence-corrected chi connectivity index (χ4v) is 1.41. The van der Waals surface area contributed by atoms with Gasteiger partial charge in [0.1, 0.15) is 11.5 Å². The molecule has 0 aromatic carbocycles. The summed E-state index contributed by atoms with van der Waals surface area (Å²) in [6, 6.07) is 5.43. The van der Waals surface area contributed by atoms with Crippen LogP contribution < -0.4 is 16.6 Å². The number of hydrogen-bond acceptors (Lipinski definition) is 4. The van der Waals surface area contributed by atoms with Crippen molar-refractivity contribution in [2.24, 2.45) is 11.8 Å². The van der Waals surface area contributed by atoms with Crippen LogP contribution in [-0.2, 0) is 0 Å². The number of rotatable bonds is 3. The first-order valence-electron chi connectivity index (χ1n) is 4.95. The Morgan fingerprint density at radius 3 is 2.93 bits per heavy atom. The van der Waals surface area contributed by atoms with Gasteiger partial charge in [-0.3, -0.25) is 4.79 Å². The van der Waals surface area contributed by atoms with E-state index in [-0.39, 0.29) is 5.91 Å². The molecule has 4 N–H and O–H groups in total. The molecule has 5 nitrogen and oxygen atoms in total. The fourth-order valence-electron chi connectivity index (χ4n) is 1.41. The zero-order chi connectivity index (χ0) is 10.8. The summed E-state index contributed by atoms with van der Waals surface area (Å²) in [5.41, 5.74) is 2.80. The number of nitrogens with one attached hydrogen (secondary N) is 2. The van der Waals surface area contributed by atoms with Gasteiger partial charge in [-0.05, 0) is 24.5 Å². The Hall–Kier alpha value is -1.62. The Morgan fingerprint density at radius 2 is 2.33 bits per heavy atom. The van der Waals surface area contributed by atoms with Gasteiger partial charge in [0.2, 0.25) is 0 Å². The molecule has 2 atom stereocenters. The van der Waals surface area contributed by atoms with Crippen LogP contribution in [0.4, 0.5) is 5.82 Å². The van der Waals surface area contributed by atoms with Crippen molar-refractivity contribution >= 4 is 11.7 Å². The van der Waals surface area contributed by atoms with E-state index >= 15 is 0 Å². The lowest BCUT2D eigenvalue weighted by atomic mass is 10.3. The van der Waals surface area contributed by atoms with Gasteiger partial charge in [0, 0.05) is 6.04 Å². The molecule has 1 aliphatic rings. The summed E-state index contributed by atoms with van der Waals surface area (Å²) < 4.78 is 0. The molecule has 0 radical (unpaired) electrons. The van der Waals surface area contributed by atoms with Crippen molar-refractivity contribution in [1.29, 1.82) is 0 Å². The minimum atomic E-state index is -0.138. The molecule has 80 valence electrons. The number of aromatic nitrogens is 1. The normalized spacial score (nSPS) is 23.3. The third kappa shape index (κ3) is 2.24. The standard InChI is InChI=1S/C10H14N4O/c1-6-5-8(6)13-10(15)7-3-2-4-9(12-7)14-11/h2-4,6,8H,5,11H2,1H3,(H,12,14)(H,13,15). The van der Waals surface area contributed by atoms with E-state index in [1.807, 2.05) is 0 Å². The number of nitrogens with two attached hydrogens (primary N) is 1. The summed E-state index contributed by atoms with van der Waals surface area (Å²) >= 11 is 0. The maximum Gasteiger partial charge on any atom is 0.270 e. The van der Waals surface area contributed by atoms with Crippen molar-refractivity contribution < 1.29 is 4.79 Å². The Balaban J connectivity index is 2.04. The summed E-state index contributed by atoms with van der Waals surface area (Å²) in [5.74, 6) is 6.15. The molecule has 0 aliphatic heterocycles. The molecule has 0 spiro atoms. The fraction of sp³-hybridized carbons (Fsp3) is 0.400. The van der Waals surface area contributed by atoms with Crippen LogP contribution >= 0.6 is 0 Å². The largest absolute Gasteiger partial charge is 0.348 e. The summed E-state index contributed by atoms with van der Waals surface area (Å²) in [7, 11) is 0. The van der Waals surface area contributed by atoms with Crippen molar-refractivity contribution in [3.63, 3.8) is 0 Å². The lowest BCUT2D eigenvalue weighted by Crippen LogP contribution is -2.27. The first-order valence-corrected chi connectivity index (χ1v) is 4.95. The summed E-state index contributed by atoms with van der Waals surface area (Å²) in [6.45, 7) is 2.11. The van der Waals surface area contributed by atoms with E-state index in [0.717, 1.165) is 6.42 Å². The zero-order valence-corrected chi connectivity index (χ0v) is 8.53. The molecule has 1 amide bonds. The Bertz CT molecular complexity index is 379. The van der Waals surface area contributed by atoms with Crippen LogP contribution in [0.5, 0.6) is 0 Å². The Morgan fingerprint density at radius 1 is 1.60 bits per heavy atom. The second kappa shape index (κ2) is 3.86. The van der Waals surface area contributed by atoms with Gasteiger partial charge >= 0.3 is 0 Å². The number of anilines is 1. The smallest absolute Gasteiger partial charge is 0.270 e. The predicted molar refractivity (Wildman–Crippen MR) is 57.1 cm³/mol. The predicted octanol–water partition coefficient (Wildman–Crippen LogP) is 0.505. The minimum absolute atomic E-state index is 0.138. The monoisotopic (exact) mass is 206 g/mol. The van der Waals surface area contributed by atoms with Crippen LogP contribution in [0.25, 0.3) is 0 Å². The molecule has 1 saturated carbocycles. The van der Waals surface area contributed by atoms with Gasteiger partial charge in [0.25, 0.3) is 5.91 Å². The Kier molecular flexibility index (Phi) is 2.55. The van der Waals surface area contributed by atoms with E-state index in [9.17, 15) is 4.79 Å². The first-order chi connectivity index (χ1) is 7.20. The van der Waals surface area contributed by atoms with Crippen LogP contribution in [0.3, 0.4) is 0 Å². The molecular formula is C10H14N4O. The van der Waals surface area contributed by atoms with Gasteiger partial charge in [-0.25, -0.2) is 10.8 Å². The molecule has 0 saturated heterocycles. The summed E-state index contributed by atoms with van der Waals surface area (Å²) in [6.07, 6.45) is 1.06. The van der Waals surface area contributed by atoms with Crippen LogP contribution in [0.15, 0.2) is 18.2 Å². The van der Waals surface area contributed by atoms with Crippen molar-refractivity contribution in [3.8, 4) is 0 Å². The van der Waals surface area contributed by atoms with Gasteiger partial charge < -0.3 is 10.7 Å². The summed E-state index contributed by atoms with van der Waals surface area (Å²) in [4.78, 5) is 15.7. The lowest BCUT2D eigenvalue weighted by Gasteiger charge is -2.04. The maximum absolute atomic E-state index is 11.7. The van der Waals surface area contributed by atoms with Crippen molar-refractivity contribution in [2.75, 3.05) is 5.43 Å². The van der Waals surface area contributed by atoms with E-state index < -0.39 is 0 Å². The third-order valence-electron chi connectivity index (χ3n) is 2.56. The van der Waals surface area contributed by atoms with E-state index in [2.05, 4.69) is 22.7 Å². The second-order valence-corrected chi connectivity index (χ2v) is 3.85. The molecular weight excluding hydrogens is 192 g/mol. The molecule has 1 aromatic rings. The SMILES string of the molecule is CC1CC1NC(=O)c1cccc(NN)n1. The van der Waals surface area contributed by atoms with E-state index in [1.54, 1.807) is 18.2 Å². The number of nitrogens with zero attached hydrogens (tertiary/aromatic N) is 1. The number of pyridine rings is 1. The van der Waals surface area contributed by atoms with Crippen LogP contribution in [0.2, 0.25) is 0 Å². The van der Waals surface area contributed by atoms with Gasteiger partial charge in [-0.15, -0.1) is 0 Å². The van der Waals surface area contributed by atoms with Crippen molar-refractivity contribution in [2.45, 2.75) is 19.4 Å². The second-order valence-electron chi connectivity index (χ2n) is 3.85. The van der Waals surface area contributed by atoms with Crippen molar-refractivity contribution in [1.82, 2.24) is 10.3 Å². The third-order valence-corrected chi connectivity index (χ3v) is 2.56. The number of nitrogen functional groups attached to an aromatic ring is 1. The highest BCUT2D eigenvalue weighted by atomic mass is 16.2. The lowest BCUT2D eigenvalue weighted by molar-refractivity contribution is 0.0944. The first kappa shape index (κ1) is 9.92. The van der Waals surface area contributed by atoms with Crippen LogP contribution in [0, 0.1) is 5.92 Å². The quantitative estimate of drug-likeness (QED) is 0.497. The molecule has 1 aliphatic carbocycles. The average Bonchev–Trinajstić information content (AvgIpc) is 2.94. The molecule has 2 rings (SSSR count). The molecule has 2 unspecified atom stereocenters. The molecule has 1 heterocycles. The topological polar surface area (TPSA) is 80.0 Å². The number of hydrogen-bond donors (Lipinski definition) is 3. The molecule has 5 heteroatoms. The van der Waals surface area contributed by atoms with Crippen LogP contribution in [-0.4, -0.2) is 16.9 Å².